The van der Waals surface area contributed by atoms with Crippen LogP contribution in [0.5, 0.6) is 0 Å². The first-order valence-corrected chi connectivity index (χ1v) is 4.43. The third-order valence-corrected chi connectivity index (χ3v) is 2.05. The number of nitro groups is 1. The molecular formula is C7H2Cl2F2N2O3. The molecule has 0 aromatic carbocycles. The third-order valence-electron chi connectivity index (χ3n) is 1.56. The quantitative estimate of drug-likeness (QED) is 0.481. The number of aromatic nitrogens is 1. The Morgan fingerprint density at radius 3 is 2.50 bits per heavy atom. The predicted octanol–water partition coefficient (Wildman–Crippen LogP) is 2.96. The van der Waals surface area contributed by atoms with Gasteiger partial charge in [0.25, 0.3) is 11.7 Å². The Hall–Kier alpha value is -1.34. The van der Waals surface area contributed by atoms with Gasteiger partial charge < -0.3 is 0 Å². The van der Waals surface area contributed by atoms with Crippen molar-refractivity contribution in [3.8, 4) is 0 Å². The van der Waals surface area contributed by atoms with Crippen molar-refractivity contribution < 1.29 is 18.5 Å². The van der Waals surface area contributed by atoms with Crippen molar-refractivity contribution in [2.75, 3.05) is 0 Å². The fraction of sp³-hybridized carbons (Fsp3) is 0.143. The van der Waals surface area contributed by atoms with Gasteiger partial charge in [-0.05, 0) is 17.7 Å². The third kappa shape index (κ3) is 2.42. The van der Waals surface area contributed by atoms with Gasteiger partial charge >= 0.3 is 5.69 Å². The smallest absolute Gasteiger partial charge is 0.274 e. The van der Waals surface area contributed by atoms with Gasteiger partial charge in [-0.3, -0.25) is 14.9 Å². The minimum Gasteiger partial charge on any atom is -0.274 e. The molecule has 9 heteroatoms. The van der Waals surface area contributed by atoms with E-state index in [0.717, 1.165) is 6.07 Å². The lowest BCUT2D eigenvalue weighted by Gasteiger charge is -2.03. The molecule has 0 atom stereocenters. The molecule has 1 aromatic rings. The van der Waals surface area contributed by atoms with Gasteiger partial charge in [-0.25, -0.2) is 13.8 Å². The van der Waals surface area contributed by atoms with E-state index in [0.29, 0.717) is 0 Å². The van der Waals surface area contributed by atoms with E-state index in [4.69, 9.17) is 23.2 Å². The van der Waals surface area contributed by atoms with E-state index in [1.807, 2.05) is 0 Å². The predicted molar refractivity (Wildman–Crippen MR) is 51.0 cm³/mol. The van der Waals surface area contributed by atoms with Crippen molar-refractivity contribution >= 4 is 34.1 Å². The van der Waals surface area contributed by atoms with Crippen LogP contribution in [0.15, 0.2) is 6.07 Å². The summed E-state index contributed by atoms with van der Waals surface area (Å²) in [6.45, 7) is 0. The number of rotatable bonds is 3. The van der Waals surface area contributed by atoms with Crippen LogP contribution in [-0.4, -0.2) is 15.1 Å². The molecule has 0 spiro atoms. The van der Waals surface area contributed by atoms with Crippen LogP contribution in [0.1, 0.15) is 22.6 Å². The Morgan fingerprint density at radius 2 is 2.12 bits per heavy atom. The summed E-state index contributed by atoms with van der Waals surface area (Å²) >= 11 is 10.4. The summed E-state index contributed by atoms with van der Waals surface area (Å²) < 4.78 is 24.9. The number of nitrogens with zero attached hydrogens (tertiary/aromatic N) is 2. The summed E-state index contributed by atoms with van der Waals surface area (Å²) in [5.41, 5.74) is -2.77. The highest BCUT2D eigenvalue weighted by Gasteiger charge is 2.29. The summed E-state index contributed by atoms with van der Waals surface area (Å²) in [5.74, 6) is 0. The second-order valence-corrected chi connectivity index (χ2v) is 3.31. The molecule has 0 radical (unpaired) electrons. The van der Waals surface area contributed by atoms with Gasteiger partial charge in [0, 0.05) is 0 Å². The molecule has 16 heavy (non-hydrogen) atoms. The normalized spacial score (nSPS) is 10.6. The summed E-state index contributed by atoms with van der Waals surface area (Å²) in [7, 11) is 0. The van der Waals surface area contributed by atoms with E-state index in [1.54, 1.807) is 0 Å². The molecule has 0 aliphatic carbocycles. The highest BCUT2D eigenvalue weighted by atomic mass is 35.5. The van der Waals surface area contributed by atoms with Gasteiger partial charge in [0.1, 0.15) is 10.7 Å². The first-order valence-electron chi connectivity index (χ1n) is 3.67. The lowest BCUT2D eigenvalue weighted by atomic mass is 10.2. The number of hydrogen-bond acceptors (Lipinski definition) is 4. The molecule has 0 N–H and O–H groups in total. The molecule has 86 valence electrons. The maximum atomic E-state index is 12.4. The van der Waals surface area contributed by atoms with E-state index in [-0.39, 0.29) is 0 Å². The highest BCUT2D eigenvalue weighted by Crippen LogP contribution is 2.34. The van der Waals surface area contributed by atoms with E-state index in [2.05, 4.69) is 4.98 Å². The van der Waals surface area contributed by atoms with Crippen molar-refractivity contribution in [2.24, 2.45) is 0 Å². The lowest BCUT2D eigenvalue weighted by Crippen LogP contribution is -2.05. The SMILES string of the molecule is O=C(Cl)c1cc(Cl)c([N+](=O)[O-])c(C(F)F)n1. The van der Waals surface area contributed by atoms with Crippen LogP contribution in [0.25, 0.3) is 0 Å². The fourth-order valence-corrected chi connectivity index (χ4v) is 1.33. The molecule has 0 saturated carbocycles. The Kier molecular flexibility index (Phi) is 3.71. The largest absolute Gasteiger partial charge is 0.315 e. The molecule has 0 amide bonds. The average molecular weight is 271 g/mol. The molecule has 1 aromatic heterocycles. The summed E-state index contributed by atoms with van der Waals surface area (Å²) in [5, 5.41) is 8.72. The molecule has 5 nitrogen and oxygen atoms in total. The molecule has 0 aliphatic heterocycles. The number of alkyl halides is 2. The minimum atomic E-state index is -3.23. The Balaban J connectivity index is 3.51. The second kappa shape index (κ2) is 4.67. The van der Waals surface area contributed by atoms with E-state index < -0.39 is 38.7 Å². The van der Waals surface area contributed by atoms with Crippen LogP contribution in [0, 0.1) is 10.1 Å². The molecule has 0 fully saturated rings. The number of carbonyl (C=O) groups excluding carboxylic acids is 1. The summed E-state index contributed by atoms with van der Waals surface area (Å²) in [6.07, 6.45) is -3.23. The van der Waals surface area contributed by atoms with Crippen molar-refractivity contribution in [2.45, 2.75) is 6.43 Å². The summed E-state index contributed by atoms with van der Waals surface area (Å²) in [6, 6.07) is 0.765. The maximum absolute atomic E-state index is 12.4. The maximum Gasteiger partial charge on any atom is 0.315 e. The van der Waals surface area contributed by atoms with E-state index >= 15 is 0 Å². The Morgan fingerprint density at radius 1 is 1.56 bits per heavy atom. The van der Waals surface area contributed by atoms with Gasteiger partial charge in [0.15, 0.2) is 5.69 Å². The van der Waals surface area contributed by atoms with Gasteiger partial charge in [0.05, 0.1) is 4.92 Å². The van der Waals surface area contributed by atoms with Crippen molar-refractivity contribution in [3.05, 3.63) is 32.6 Å². The van der Waals surface area contributed by atoms with Gasteiger partial charge in [-0.2, -0.15) is 0 Å². The van der Waals surface area contributed by atoms with Gasteiger partial charge in [-0.15, -0.1) is 0 Å². The molecule has 1 rings (SSSR count). The van der Waals surface area contributed by atoms with Crippen molar-refractivity contribution in [3.63, 3.8) is 0 Å². The van der Waals surface area contributed by atoms with Crippen LogP contribution < -0.4 is 0 Å². The molecule has 1 heterocycles. The molecule has 0 aliphatic rings. The van der Waals surface area contributed by atoms with Crippen LogP contribution in [0.4, 0.5) is 14.5 Å². The zero-order valence-corrected chi connectivity index (χ0v) is 8.80. The number of hydrogen-bond donors (Lipinski definition) is 0. The molecule has 0 saturated heterocycles. The lowest BCUT2D eigenvalue weighted by molar-refractivity contribution is -0.386. The van der Waals surface area contributed by atoms with Crippen LogP contribution >= 0.6 is 23.2 Å². The zero-order valence-electron chi connectivity index (χ0n) is 7.29. The number of halogens is 4. The topological polar surface area (TPSA) is 73.1 Å². The molecule has 0 unspecified atom stereocenters. The van der Waals surface area contributed by atoms with Crippen molar-refractivity contribution in [1.82, 2.24) is 4.98 Å². The molecular weight excluding hydrogens is 269 g/mol. The Bertz CT molecular complexity index is 467. The number of carbonyl (C=O) groups is 1. The van der Waals surface area contributed by atoms with Crippen molar-refractivity contribution in [1.29, 1.82) is 0 Å². The van der Waals surface area contributed by atoms with Gasteiger partial charge in [-0.1, -0.05) is 11.6 Å². The summed E-state index contributed by atoms with van der Waals surface area (Å²) in [4.78, 5) is 23.1. The first kappa shape index (κ1) is 12.7. The average Bonchev–Trinajstić information content (AvgIpc) is 2.15. The van der Waals surface area contributed by atoms with E-state index in [1.165, 1.54) is 0 Å². The minimum absolute atomic E-state index is 0.562. The van der Waals surface area contributed by atoms with E-state index in [9.17, 15) is 23.7 Å². The number of pyridine rings is 1. The first-order chi connectivity index (χ1) is 7.34. The van der Waals surface area contributed by atoms with Crippen LogP contribution in [0.2, 0.25) is 5.02 Å². The zero-order chi connectivity index (χ0) is 12.5. The fourth-order valence-electron chi connectivity index (χ4n) is 0.959. The van der Waals surface area contributed by atoms with Crippen LogP contribution in [-0.2, 0) is 0 Å². The highest BCUT2D eigenvalue weighted by molar-refractivity contribution is 6.67. The van der Waals surface area contributed by atoms with Crippen LogP contribution in [0.3, 0.4) is 0 Å². The van der Waals surface area contributed by atoms with Gasteiger partial charge in [0.2, 0.25) is 0 Å². The Labute approximate surface area is 97.1 Å². The second-order valence-electron chi connectivity index (χ2n) is 2.55. The molecule has 0 bridgehead atoms. The standard InChI is InChI=1S/C7H2Cl2F2N2O3/c8-2-1-3(6(9)14)12-4(7(10)11)5(2)13(15)16/h1,7H. The monoisotopic (exact) mass is 270 g/mol.